The van der Waals surface area contributed by atoms with Crippen molar-refractivity contribution < 1.29 is 9.84 Å². The smallest absolute Gasteiger partial charge is 0.124 e. The fourth-order valence-corrected chi connectivity index (χ4v) is 3.31. The van der Waals surface area contributed by atoms with Gasteiger partial charge in [-0.15, -0.1) is 0 Å². The summed E-state index contributed by atoms with van der Waals surface area (Å²) in [6.45, 7) is 1.91. The van der Waals surface area contributed by atoms with Gasteiger partial charge in [-0.3, -0.25) is 0 Å². The Morgan fingerprint density at radius 1 is 1.19 bits per heavy atom. The van der Waals surface area contributed by atoms with Crippen molar-refractivity contribution in [2.45, 2.75) is 13.0 Å². The average molecular weight is 391 g/mol. The molecule has 1 atom stereocenters. The molecule has 0 aliphatic carbocycles. The maximum Gasteiger partial charge on any atom is 0.124 e. The van der Waals surface area contributed by atoms with E-state index < -0.39 is 0 Å². The summed E-state index contributed by atoms with van der Waals surface area (Å²) in [4.78, 5) is 0. The third-order valence-corrected chi connectivity index (χ3v) is 4.13. The van der Waals surface area contributed by atoms with Gasteiger partial charge >= 0.3 is 0 Å². The molecule has 3 nitrogen and oxygen atoms in total. The summed E-state index contributed by atoms with van der Waals surface area (Å²) in [7, 11) is 1.55. The molecule has 2 aromatic rings. The number of halogens is 3. The first kappa shape index (κ1) is 16.3. The van der Waals surface area contributed by atoms with Crippen LogP contribution >= 0.6 is 39.1 Å². The van der Waals surface area contributed by atoms with E-state index >= 15 is 0 Å². The molecule has 2 N–H and O–H groups in total. The first-order valence-electron chi connectivity index (χ1n) is 6.20. The minimum atomic E-state index is -0.174. The molecule has 0 aliphatic heterocycles. The van der Waals surface area contributed by atoms with Crippen molar-refractivity contribution in [1.82, 2.24) is 0 Å². The molecule has 0 saturated heterocycles. The summed E-state index contributed by atoms with van der Waals surface area (Å²) in [6.07, 6.45) is 0. The van der Waals surface area contributed by atoms with E-state index in [4.69, 9.17) is 27.9 Å². The number of aromatic hydroxyl groups is 1. The molecular formula is C15H14BrCl2NO2. The molecule has 0 saturated carbocycles. The Morgan fingerprint density at radius 3 is 2.33 bits per heavy atom. The van der Waals surface area contributed by atoms with E-state index in [0.29, 0.717) is 21.5 Å². The number of benzene rings is 2. The first-order chi connectivity index (χ1) is 9.92. The van der Waals surface area contributed by atoms with E-state index in [1.165, 1.54) is 0 Å². The predicted molar refractivity (Wildman–Crippen MR) is 90.9 cm³/mol. The zero-order valence-corrected chi connectivity index (χ0v) is 14.6. The van der Waals surface area contributed by atoms with Gasteiger partial charge in [0, 0.05) is 16.1 Å². The second-order valence-corrected chi connectivity index (χ2v) is 6.27. The topological polar surface area (TPSA) is 41.5 Å². The Bertz CT molecular complexity index is 641. The van der Waals surface area contributed by atoms with Crippen LogP contribution in [0.3, 0.4) is 0 Å². The summed E-state index contributed by atoms with van der Waals surface area (Å²) in [6, 6.07) is 8.50. The van der Waals surface area contributed by atoms with Crippen LogP contribution in [-0.4, -0.2) is 12.2 Å². The van der Waals surface area contributed by atoms with E-state index in [-0.39, 0.29) is 11.8 Å². The van der Waals surface area contributed by atoms with Crippen LogP contribution < -0.4 is 10.1 Å². The number of ether oxygens (including phenoxy) is 1. The first-order valence-corrected chi connectivity index (χ1v) is 7.75. The number of phenols is 1. The minimum absolute atomic E-state index is 0.152. The van der Waals surface area contributed by atoms with Crippen LogP contribution in [0.5, 0.6) is 11.5 Å². The average Bonchev–Trinajstić information content (AvgIpc) is 2.42. The summed E-state index contributed by atoms with van der Waals surface area (Å²) in [5.41, 5.74) is 1.36. The molecule has 0 aromatic heterocycles. The molecule has 0 amide bonds. The van der Waals surface area contributed by atoms with Gasteiger partial charge in [-0.2, -0.15) is 0 Å². The van der Waals surface area contributed by atoms with Gasteiger partial charge < -0.3 is 15.2 Å². The van der Waals surface area contributed by atoms with Crippen molar-refractivity contribution in [3.05, 3.63) is 50.4 Å². The third-order valence-electron chi connectivity index (χ3n) is 3.07. The fraction of sp³-hybridized carbons (Fsp3) is 0.200. The SMILES string of the molecule is COc1ccc(C(C)Nc2c(Cl)cc(Br)cc2Cl)c(O)c1. The van der Waals surface area contributed by atoms with Gasteiger partial charge in [-0.25, -0.2) is 0 Å². The van der Waals surface area contributed by atoms with Crippen LogP contribution in [0.1, 0.15) is 18.5 Å². The van der Waals surface area contributed by atoms with Crippen LogP contribution in [0, 0.1) is 0 Å². The van der Waals surface area contributed by atoms with Crippen molar-refractivity contribution in [3.8, 4) is 11.5 Å². The van der Waals surface area contributed by atoms with E-state index in [1.54, 1.807) is 37.4 Å². The van der Waals surface area contributed by atoms with E-state index in [2.05, 4.69) is 21.2 Å². The Balaban J connectivity index is 2.28. The molecule has 0 bridgehead atoms. The number of rotatable bonds is 4. The van der Waals surface area contributed by atoms with E-state index in [9.17, 15) is 5.11 Å². The van der Waals surface area contributed by atoms with Crippen molar-refractivity contribution in [2.24, 2.45) is 0 Å². The second-order valence-electron chi connectivity index (χ2n) is 4.54. The molecule has 2 rings (SSSR count). The van der Waals surface area contributed by atoms with Crippen molar-refractivity contribution in [1.29, 1.82) is 0 Å². The maximum atomic E-state index is 10.1. The second kappa shape index (κ2) is 6.77. The molecule has 21 heavy (non-hydrogen) atoms. The molecule has 0 radical (unpaired) electrons. The Kier molecular flexibility index (Phi) is 5.25. The van der Waals surface area contributed by atoms with Crippen LogP contribution in [0.25, 0.3) is 0 Å². The van der Waals surface area contributed by atoms with Crippen molar-refractivity contribution >= 4 is 44.8 Å². The molecule has 1 unspecified atom stereocenters. The van der Waals surface area contributed by atoms with Crippen molar-refractivity contribution in [3.63, 3.8) is 0 Å². The molecule has 6 heteroatoms. The highest BCUT2D eigenvalue weighted by Gasteiger charge is 2.15. The number of phenolic OH excluding ortho intramolecular Hbond substituents is 1. The highest BCUT2D eigenvalue weighted by molar-refractivity contribution is 9.10. The number of hydrogen-bond donors (Lipinski definition) is 2. The molecule has 0 aliphatic rings. The summed E-state index contributed by atoms with van der Waals surface area (Å²) < 4.78 is 5.88. The van der Waals surface area contributed by atoms with Gasteiger partial charge in [-0.1, -0.05) is 39.1 Å². The fourth-order valence-electron chi connectivity index (χ4n) is 1.99. The summed E-state index contributed by atoms with van der Waals surface area (Å²) in [5, 5.41) is 14.3. The van der Waals surface area contributed by atoms with Gasteiger partial charge in [0.2, 0.25) is 0 Å². The number of methoxy groups -OCH3 is 1. The zero-order valence-electron chi connectivity index (χ0n) is 11.5. The van der Waals surface area contributed by atoms with Gasteiger partial charge in [0.15, 0.2) is 0 Å². The highest BCUT2D eigenvalue weighted by Crippen LogP contribution is 2.37. The normalized spacial score (nSPS) is 12.0. The Hall–Kier alpha value is -1.10. The summed E-state index contributed by atoms with van der Waals surface area (Å²) >= 11 is 15.7. The Labute approximate surface area is 142 Å². The maximum absolute atomic E-state index is 10.1. The lowest BCUT2D eigenvalue weighted by molar-refractivity contribution is 0.406. The van der Waals surface area contributed by atoms with Gasteiger partial charge in [0.1, 0.15) is 11.5 Å². The number of nitrogens with one attached hydrogen (secondary N) is 1. The summed E-state index contributed by atoms with van der Waals surface area (Å²) in [5.74, 6) is 0.752. The van der Waals surface area contributed by atoms with Gasteiger partial charge in [0.25, 0.3) is 0 Å². The molecule has 2 aromatic carbocycles. The molecule has 0 fully saturated rings. The zero-order chi connectivity index (χ0) is 15.6. The van der Waals surface area contributed by atoms with Crippen LogP contribution in [0.2, 0.25) is 10.0 Å². The monoisotopic (exact) mass is 389 g/mol. The number of anilines is 1. The molecular weight excluding hydrogens is 377 g/mol. The van der Waals surface area contributed by atoms with Gasteiger partial charge in [0.05, 0.1) is 28.9 Å². The van der Waals surface area contributed by atoms with Crippen LogP contribution in [-0.2, 0) is 0 Å². The van der Waals surface area contributed by atoms with Gasteiger partial charge in [-0.05, 0) is 31.2 Å². The van der Waals surface area contributed by atoms with Crippen molar-refractivity contribution in [2.75, 3.05) is 12.4 Å². The molecule has 0 spiro atoms. The van der Waals surface area contributed by atoms with Crippen LogP contribution in [0.4, 0.5) is 5.69 Å². The van der Waals surface area contributed by atoms with E-state index in [0.717, 1.165) is 10.0 Å². The minimum Gasteiger partial charge on any atom is -0.507 e. The lowest BCUT2D eigenvalue weighted by atomic mass is 10.1. The van der Waals surface area contributed by atoms with E-state index in [1.807, 2.05) is 6.92 Å². The largest absolute Gasteiger partial charge is 0.507 e. The lowest BCUT2D eigenvalue weighted by Gasteiger charge is -2.19. The predicted octanol–water partition coefficient (Wildman–Crippen LogP) is 5.64. The highest BCUT2D eigenvalue weighted by atomic mass is 79.9. The quantitative estimate of drug-likeness (QED) is 0.709. The Morgan fingerprint density at radius 2 is 1.81 bits per heavy atom. The number of hydrogen-bond acceptors (Lipinski definition) is 3. The van der Waals surface area contributed by atoms with Crippen LogP contribution in [0.15, 0.2) is 34.8 Å². The standard InChI is InChI=1S/C15H14BrCl2NO2/c1-8(11-4-3-10(21-2)7-14(11)20)19-15-12(17)5-9(16)6-13(15)18/h3-8,19-20H,1-2H3. The lowest BCUT2D eigenvalue weighted by Crippen LogP contribution is -2.08. The molecule has 0 heterocycles. The third kappa shape index (κ3) is 3.76. The molecule has 112 valence electrons.